The number of hydrogen-bond acceptors (Lipinski definition) is 3. The van der Waals surface area contributed by atoms with E-state index in [4.69, 9.17) is 5.73 Å². The first kappa shape index (κ1) is 16.2. The summed E-state index contributed by atoms with van der Waals surface area (Å²) >= 11 is 0. The van der Waals surface area contributed by atoms with E-state index in [0.29, 0.717) is 18.2 Å². The molecule has 0 radical (unpaired) electrons. The van der Waals surface area contributed by atoms with Crippen molar-refractivity contribution in [3.05, 3.63) is 48.5 Å². The Bertz CT molecular complexity index is 606. The molecule has 0 fully saturated rings. The number of rotatable bonds is 6. The second-order valence-corrected chi connectivity index (χ2v) is 5.91. The molecule has 1 atom stereocenters. The van der Waals surface area contributed by atoms with Crippen molar-refractivity contribution < 1.29 is 4.79 Å². The highest BCUT2D eigenvalue weighted by Crippen LogP contribution is 2.13. The van der Waals surface area contributed by atoms with Crippen LogP contribution in [0.2, 0.25) is 0 Å². The Morgan fingerprint density at radius 2 is 2.00 bits per heavy atom. The maximum absolute atomic E-state index is 12.6. The van der Waals surface area contributed by atoms with Gasteiger partial charge in [-0.3, -0.25) is 9.36 Å². The predicted molar refractivity (Wildman–Crippen MR) is 88.0 cm³/mol. The number of imidazole rings is 1. The van der Waals surface area contributed by atoms with E-state index in [-0.39, 0.29) is 11.9 Å². The van der Waals surface area contributed by atoms with Crippen LogP contribution in [-0.4, -0.2) is 40.0 Å². The third-order valence-corrected chi connectivity index (χ3v) is 3.89. The molecule has 5 nitrogen and oxygen atoms in total. The topological polar surface area (TPSA) is 64.2 Å². The molecule has 0 saturated carbocycles. The Labute approximate surface area is 131 Å². The van der Waals surface area contributed by atoms with Gasteiger partial charge < -0.3 is 10.6 Å². The van der Waals surface area contributed by atoms with Crippen LogP contribution in [0, 0.1) is 5.92 Å². The summed E-state index contributed by atoms with van der Waals surface area (Å²) in [6, 6.07) is 9.83. The molecular formula is C17H24N4O. The van der Waals surface area contributed by atoms with Crippen molar-refractivity contribution in [2.24, 2.45) is 11.7 Å². The molecule has 0 aliphatic carbocycles. The maximum Gasteiger partial charge on any atom is 0.272 e. The number of benzene rings is 1. The summed E-state index contributed by atoms with van der Waals surface area (Å²) in [5.74, 6) is 0.371. The monoisotopic (exact) mass is 300 g/mol. The van der Waals surface area contributed by atoms with Crippen LogP contribution in [0.25, 0.3) is 5.69 Å². The summed E-state index contributed by atoms with van der Waals surface area (Å²) in [6.07, 6.45) is 4.06. The van der Waals surface area contributed by atoms with Crippen molar-refractivity contribution in [1.29, 1.82) is 0 Å². The van der Waals surface area contributed by atoms with Crippen molar-refractivity contribution in [3.63, 3.8) is 0 Å². The molecule has 0 spiro atoms. The van der Waals surface area contributed by atoms with Crippen LogP contribution in [0.5, 0.6) is 0 Å². The molecule has 1 aromatic carbocycles. The van der Waals surface area contributed by atoms with Gasteiger partial charge in [0, 0.05) is 25.3 Å². The van der Waals surface area contributed by atoms with Gasteiger partial charge in [-0.2, -0.15) is 0 Å². The second-order valence-electron chi connectivity index (χ2n) is 5.91. The Balaban J connectivity index is 2.09. The Morgan fingerprint density at radius 3 is 2.64 bits per heavy atom. The SMILES string of the molecule is CC(C)C(N)CCN(C)C(=O)c1cncn1-c1ccccc1. The molecule has 118 valence electrons. The van der Waals surface area contributed by atoms with Crippen LogP contribution in [0.1, 0.15) is 30.8 Å². The molecule has 22 heavy (non-hydrogen) atoms. The summed E-state index contributed by atoms with van der Waals surface area (Å²) in [7, 11) is 1.80. The zero-order valence-electron chi connectivity index (χ0n) is 13.4. The average molecular weight is 300 g/mol. The summed E-state index contributed by atoms with van der Waals surface area (Å²) < 4.78 is 1.81. The predicted octanol–water partition coefficient (Wildman–Crippen LogP) is 2.32. The van der Waals surface area contributed by atoms with Crippen molar-refractivity contribution in [2.75, 3.05) is 13.6 Å². The number of nitrogens with two attached hydrogens (primary N) is 1. The molecule has 0 saturated heterocycles. The molecule has 0 bridgehead atoms. The van der Waals surface area contributed by atoms with Gasteiger partial charge in [-0.25, -0.2) is 4.98 Å². The van der Waals surface area contributed by atoms with E-state index in [1.54, 1.807) is 29.0 Å². The molecule has 0 aliphatic rings. The quantitative estimate of drug-likeness (QED) is 0.890. The highest BCUT2D eigenvalue weighted by Gasteiger charge is 2.18. The lowest BCUT2D eigenvalue weighted by Crippen LogP contribution is -2.35. The van der Waals surface area contributed by atoms with Gasteiger partial charge in [0.1, 0.15) is 5.69 Å². The van der Waals surface area contributed by atoms with Gasteiger partial charge in [-0.05, 0) is 24.5 Å². The fourth-order valence-corrected chi connectivity index (χ4v) is 2.22. The second kappa shape index (κ2) is 7.22. The minimum absolute atomic E-state index is 0.0442. The fraction of sp³-hybridized carbons (Fsp3) is 0.412. The van der Waals surface area contributed by atoms with Crippen LogP contribution in [0.15, 0.2) is 42.9 Å². The lowest BCUT2D eigenvalue weighted by Gasteiger charge is -2.22. The zero-order chi connectivity index (χ0) is 16.1. The normalized spacial score (nSPS) is 12.4. The number of carbonyl (C=O) groups is 1. The summed E-state index contributed by atoms with van der Waals surface area (Å²) in [5.41, 5.74) is 7.54. The zero-order valence-corrected chi connectivity index (χ0v) is 13.4. The van der Waals surface area contributed by atoms with Crippen LogP contribution in [0.3, 0.4) is 0 Å². The first-order chi connectivity index (χ1) is 10.5. The van der Waals surface area contributed by atoms with Gasteiger partial charge in [0.05, 0.1) is 12.5 Å². The molecule has 2 aromatic rings. The smallest absolute Gasteiger partial charge is 0.272 e. The van der Waals surface area contributed by atoms with Crippen LogP contribution < -0.4 is 5.73 Å². The summed E-state index contributed by atoms with van der Waals surface area (Å²) in [5, 5.41) is 0. The van der Waals surface area contributed by atoms with Gasteiger partial charge in [-0.1, -0.05) is 32.0 Å². The number of aromatic nitrogens is 2. The number of amides is 1. The molecule has 1 amide bonds. The highest BCUT2D eigenvalue weighted by molar-refractivity contribution is 5.92. The molecule has 0 aliphatic heterocycles. The Morgan fingerprint density at radius 1 is 1.32 bits per heavy atom. The number of carbonyl (C=O) groups excluding carboxylic acids is 1. The lowest BCUT2D eigenvalue weighted by molar-refractivity contribution is 0.0781. The van der Waals surface area contributed by atoms with E-state index < -0.39 is 0 Å². The molecule has 2 N–H and O–H groups in total. The van der Waals surface area contributed by atoms with Crippen LogP contribution in [0.4, 0.5) is 0 Å². The standard InChI is InChI=1S/C17H24N4O/c1-13(2)15(18)9-10-20(3)17(22)16-11-19-12-21(16)14-7-5-4-6-8-14/h4-8,11-13,15H,9-10,18H2,1-3H3. The van der Waals surface area contributed by atoms with E-state index in [9.17, 15) is 4.79 Å². The number of para-hydroxylation sites is 1. The Kier molecular flexibility index (Phi) is 5.33. The van der Waals surface area contributed by atoms with Crippen LogP contribution >= 0.6 is 0 Å². The van der Waals surface area contributed by atoms with Gasteiger partial charge in [0.15, 0.2) is 0 Å². The van der Waals surface area contributed by atoms with Gasteiger partial charge in [-0.15, -0.1) is 0 Å². The van der Waals surface area contributed by atoms with Crippen molar-refractivity contribution in [3.8, 4) is 5.69 Å². The molecule has 1 unspecified atom stereocenters. The number of hydrogen-bond donors (Lipinski definition) is 1. The first-order valence-corrected chi connectivity index (χ1v) is 7.59. The average Bonchev–Trinajstić information content (AvgIpc) is 3.01. The van der Waals surface area contributed by atoms with Crippen molar-refractivity contribution in [2.45, 2.75) is 26.3 Å². The molecule has 1 aromatic heterocycles. The molecule has 5 heteroatoms. The van der Waals surface area contributed by atoms with Crippen molar-refractivity contribution >= 4 is 5.91 Å². The fourth-order valence-electron chi connectivity index (χ4n) is 2.22. The molecule has 1 heterocycles. The van der Waals surface area contributed by atoms with E-state index in [1.165, 1.54) is 0 Å². The van der Waals surface area contributed by atoms with E-state index in [0.717, 1.165) is 12.1 Å². The minimum atomic E-state index is -0.0442. The van der Waals surface area contributed by atoms with Gasteiger partial charge >= 0.3 is 0 Å². The summed E-state index contributed by atoms with van der Waals surface area (Å²) in [4.78, 5) is 18.4. The first-order valence-electron chi connectivity index (χ1n) is 7.59. The lowest BCUT2D eigenvalue weighted by atomic mass is 10.0. The summed E-state index contributed by atoms with van der Waals surface area (Å²) in [6.45, 7) is 4.83. The third-order valence-electron chi connectivity index (χ3n) is 3.89. The molecule has 2 rings (SSSR count). The minimum Gasteiger partial charge on any atom is -0.340 e. The van der Waals surface area contributed by atoms with E-state index >= 15 is 0 Å². The van der Waals surface area contributed by atoms with Gasteiger partial charge in [0.2, 0.25) is 0 Å². The van der Waals surface area contributed by atoms with Gasteiger partial charge in [0.25, 0.3) is 5.91 Å². The van der Waals surface area contributed by atoms with Crippen molar-refractivity contribution in [1.82, 2.24) is 14.5 Å². The maximum atomic E-state index is 12.6. The van der Waals surface area contributed by atoms with E-state index in [2.05, 4.69) is 18.8 Å². The number of nitrogens with zero attached hydrogens (tertiary/aromatic N) is 3. The highest BCUT2D eigenvalue weighted by atomic mass is 16.2. The van der Waals surface area contributed by atoms with E-state index in [1.807, 2.05) is 30.3 Å². The Hall–Kier alpha value is -2.14. The molecular weight excluding hydrogens is 276 g/mol. The third kappa shape index (κ3) is 3.74. The largest absolute Gasteiger partial charge is 0.340 e. The van der Waals surface area contributed by atoms with Crippen LogP contribution in [-0.2, 0) is 0 Å².